The number of hydrogen-bond donors (Lipinski definition) is 1. The molecule has 1 rings (SSSR count). The molecule has 76 valence electrons. The van der Waals surface area contributed by atoms with E-state index in [0.717, 1.165) is 6.54 Å². The number of pyridine rings is 1. The highest BCUT2D eigenvalue weighted by Crippen LogP contribution is 1.88. The molecule has 0 radical (unpaired) electrons. The first kappa shape index (κ1) is 15.1. The average Bonchev–Trinajstić information content (AvgIpc) is 2.07. The molecule has 0 atom stereocenters. The normalized spacial score (nSPS) is 8.00. The monoisotopic (exact) mass is 247 g/mol. The summed E-state index contributed by atoms with van der Waals surface area (Å²) in [5.41, 5.74) is 1.32. The lowest BCUT2D eigenvalue weighted by molar-refractivity contribution is -0.693. The van der Waals surface area contributed by atoms with Crippen molar-refractivity contribution in [1.82, 2.24) is 0 Å². The van der Waals surface area contributed by atoms with Gasteiger partial charge in [-0.25, -0.2) is 4.57 Å². The molecule has 0 amide bonds. The molecule has 13 heavy (non-hydrogen) atoms. The highest BCUT2D eigenvalue weighted by atomic mass is 79.9. The van der Waals surface area contributed by atoms with Crippen LogP contribution in [0.15, 0.2) is 24.5 Å². The lowest BCUT2D eigenvalue weighted by Crippen LogP contribution is -3.00. The van der Waals surface area contributed by atoms with Crippen LogP contribution in [0.2, 0.25) is 0 Å². The summed E-state index contributed by atoms with van der Waals surface area (Å²) >= 11 is 0. The second-order valence-electron chi connectivity index (χ2n) is 2.52. The number of aliphatic hydroxyl groups is 1. The molecule has 0 unspecified atom stereocenters. The number of aryl methyl sites for hydroxylation is 2. The molecule has 0 saturated carbocycles. The molecule has 3 heteroatoms. The number of aliphatic hydroxyl groups excluding tert-OH is 1. The first-order valence-corrected chi connectivity index (χ1v) is 4.31. The van der Waals surface area contributed by atoms with Crippen molar-refractivity contribution in [2.45, 2.75) is 27.3 Å². The van der Waals surface area contributed by atoms with Gasteiger partial charge in [0.1, 0.15) is 6.54 Å². The van der Waals surface area contributed by atoms with Gasteiger partial charge in [-0.15, -0.1) is 0 Å². The molecular weight excluding hydrogens is 230 g/mol. The minimum atomic E-state index is 0. The van der Waals surface area contributed by atoms with Crippen LogP contribution in [0.3, 0.4) is 0 Å². The van der Waals surface area contributed by atoms with E-state index < -0.39 is 0 Å². The van der Waals surface area contributed by atoms with Gasteiger partial charge in [-0.05, 0) is 26.3 Å². The maximum atomic E-state index is 7.57. The standard InChI is InChI=1S/C8H12N.C2H6O.BrH/c1-3-9-6-4-8(2)5-7-9;1-2-3;/h4-7H,3H2,1-2H3;3H,2H2,1H3;1H/q+1;;/p-1. The van der Waals surface area contributed by atoms with Gasteiger partial charge < -0.3 is 22.1 Å². The third-order valence-corrected chi connectivity index (χ3v) is 1.42. The van der Waals surface area contributed by atoms with E-state index in [-0.39, 0.29) is 23.6 Å². The molecule has 2 nitrogen and oxygen atoms in total. The molecule has 1 aromatic heterocycles. The Labute approximate surface area is 91.0 Å². The zero-order chi connectivity index (χ0) is 9.40. The van der Waals surface area contributed by atoms with Crippen LogP contribution in [0.5, 0.6) is 0 Å². The molecule has 0 spiro atoms. The summed E-state index contributed by atoms with van der Waals surface area (Å²) in [5.74, 6) is 0. The third kappa shape index (κ3) is 7.94. The first-order chi connectivity index (χ1) is 5.74. The first-order valence-electron chi connectivity index (χ1n) is 4.31. The zero-order valence-electron chi connectivity index (χ0n) is 8.50. The number of nitrogens with zero attached hydrogens (tertiary/aromatic N) is 1. The highest BCUT2D eigenvalue weighted by Gasteiger charge is 1.90. The Bertz CT molecular complexity index is 199. The fourth-order valence-corrected chi connectivity index (χ4v) is 0.743. The highest BCUT2D eigenvalue weighted by molar-refractivity contribution is 5.02. The van der Waals surface area contributed by atoms with Gasteiger partial charge in [0.25, 0.3) is 0 Å². The Morgan fingerprint density at radius 3 is 1.92 bits per heavy atom. The molecule has 0 aliphatic heterocycles. The molecule has 0 aliphatic carbocycles. The molecule has 0 saturated heterocycles. The molecule has 1 heterocycles. The van der Waals surface area contributed by atoms with Crippen molar-refractivity contribution >= 4 is 0 Å². The van der Waals surface area contributed by atoms with Gasteiger partial charge >= 0.3 is 0 Å². The van der Waals surface area contributed by atoms with E-state index in [1.165, 1.54) is 5.56 Å². The lowest BCUT2D eigenvalue weighted by Gasteiger charge is -1.89. The minimum absolute atomic E-state index is 0. The molecule has 0 fully saturated rings. The van der Waals surface area contributed by atoms with Crippen LogP contribution < -0.4 is 21.5 Å². The number of hydrogen-bond acceptors (Lipinski definition) is 1. The quantitative estimate of drug-likeness (QED) is 0.589. The molecule has 1 N–H and O–H groups in total. The number of aromatic nitrogens is 1. The van der Waals surface area contributed by atoms with Gasteiger partial charge in [-0.1, -0.05) is 0 Å². The van der Waals surface area contributed by atoms with Crippen LogP contribution >= 0.6 is 0 Å². The number of rotatable bonds is 1. The number of halogens is 1. The van der Waals surface area contributed by atoms with Gasteiger partial charge in [0.05, 0.1) is 0 Å². The van der Waals surface area contributed by atoms with E-state index in [1.807, 2.05) is 0 Å². The fourth-order valence-electron chi connectivity index (χ4n) is 0.743. The van der Waals surface area contributed by atoms with E-state index in [2.05, 4.69) is 42.9 Å². The van der Waals surface area contributed by atoms with Crippen molar-refractivity contribution < 1.29 is 26.7 Å². The average molecular weight is 248 g/mol. The van der Waals surface area contributed by atoms with Crippen molar-refractivity contribution in [3.63, 3.8) is 0 Å². The summed E-state index contributed by atoms with van der Waals surface area (Å²) in [5, 5.41) is 7.57. The van der Waals surface area contributed by atoms with Crippen LogP contribution in [-0.2, 0) is 6.54 Å². The third-order valence-electron chi connectivity index (χ3n) is 1.42. The van der Waals surface area contributed by atoms with Crippen molar-refractivity contribution in [2.75, 3.05) is 6.61 Å². The smallest absolute Gasteiger partial charge is 0.169 e. The van der Waals surface area contributed by atoms with E-state index in [0.29, 0.717) is 0 Å². The van der Waals surface area contributed by atoms with Crippen LogP contribution in [0, 0.1) is 6.92 Å². The molecular formula is C10H18BrNO. The second-order valence-corrected chi connectivity index (χ2v) is 2.52. The molecule has 0 aliphatic rings. The Morgan fingerprint density at radius 2 is 1.62 bits per heavy atom. The van der Waals surface area contributed by atoms with Gasteiger partial charge in [0.2, 0.25) is 0 Å². The summed E-state index contributed by atoms with van der Waals surface area (Å²) in [6.45, 7) is 7.22. The van der Waals surface area contributed by atoms with Crippen molar-refractivity contribution in [2.24, 2.45) is 0 Å². The van der Waals surface area contributed by atoms with Gasteiger partial charge in [0, 0.05) is 18.7 Å². The summed E-state index contributed by atoms with van der Waals surface area (Å²) in [4.78, 5) is 0. The van der Waals surface area contributed by atoms with E-state index in [9.17, 15) is 0 Å². The second kappa shape index (κ2) is 9.68. The zero-order valence-corrected chi connectivity index (χ0v) is 10.1. The summed E-state index contributed by atoms with van der Waals surface area (Å²) in [7, 11) is 0. The van der Waals surface area contributed by atoms with Gasteiger partial charge in [-0.3, -0.25) is 0 Å². The van der Waals surface area contributed by atoms with E-state index in [4.69, 9.17) is 5.11 Å². The largest absolute Gasteiger partial charge is 1.00 e. The van der Waals surface area contributed by atoms with Crippen LogP contribution in [-0.4, -0.2) is 11.7 Å². The Kier molecular flexibility index (Phi) is 11.2. The summed E-state index contributed by atoms with van der Waals surface area (Å²) in [6.07, 6.45) is 4.19. The van der Waals surface area contributed by atoms with E-state index >= 15 is 0 Å². The van der Waals surface area contributed by atoms with Crippen LogP contribution in [0.25, 0.3) is 0 Å². The maximum absolute atomic E-state index is 7.57. The SMILES string of the molecule is CCO.CC[n+]1ccc(C)cc1.[Br-]. The predicted molar refractivity (Wildman–Crippen MR) is 49.8 cm³/mol. The molecule has 0 bridgehead atoms. The summed E-state index contributed by atoms with van der Waals surface area (Å²) in [6, 6.07) is 4.23. The topological polar surface area (TPSA) is 24.1 Å². The van der Waals surface area contributed by atoms with Crippen LogP contribution in [0.4, 0.5) is 0 Å². The molecule has 0 aromatic carbocycles. The summed E-state index contributed by atoms with van der Waals surface area (Å²) < 4.78 is 2.15. The Hall–Kier alpha value is -0.410. The van der Waals surface area contributed by atoms with E-state index in [1.54, 1.807) is 6.92 Å². The predicted octanol–water partition coefficient (Wildman–Crippen LogP) is -1.69. The lowest BCUT2D eigenvalue weighted by atomic mass is 10.3. The fraction of sp³-hybridized carbons (Fsp3) is 0.500. The van der Waals surface area contributed by atoms with Crippen molar-refractivity contribution in [1.29, 1.82) is 0 Å². The molecule has 1 aromatic rings. The van der Waals surface area contributed by atoms with Crippen LogP contribution in [0.1, 0.15) is 19.4 Å². The Balaban J connectivity index is 0. The Morgan fingerprint density at radius 1 is 1.23 bits per heavy atom. The maximum Gasteiger partial charge on any atom is 0.169 e. The van der Waals surface area contributed by atoms with Crippen molar-refractivity contribution in [3.05, 3.63) is 30.1 Å². The van der Waals surface area contributed by atoms with Crippen molar-refractivity contribution in [3.8, 4) is 0 Å². The van der Waals surface area contributed by atoms with Gasteiger partial charge in [-0.2, -0.15) is 0 Å². The minimum Gasteiger partial charge on any atom is -1.00 e. The van der Waals surface area contributed by atoms with Gasteiger partial charge in [0.15, 0.2) is 12.4 Å².